The molecule has 1 unspecified atom stereocenters. The van der Waals surface area contributed by atoms with Crippen LogP contribution in [0.25, 0.3) is 11.0 Å². The first-order chi connectivity index (χ1) is 15.7. The number of hydrogen-bond donors (Lipinski definition) is 1. The average Bonchev–Trinajstić information content (AvgIpc) is 3.38. The predicted molar refractivity (Wildman–Crippen MR) is 121 cm³/mol. The fourth-order valence-electron chi connectivity index (χ4n) is 4.56. The molecule has 4 aromatic rings. The maximum absolute atomic E-state index is 5.68. The van der Waals surface area contributed by atoms with Crippen LogP contribution in [-0.2, 0) is 0 Å². The Hall–Kier alpha value is -4.08. The molecule has 0 radical (unpaired) electrons. The van der Waals surface area contributed by atoms with Crippen molar-refractivity contribution in [2.75, 3.05) is 30.4 Å². The second-order valence-electron chi connectivity index (χ2n) is 7.86. The zero-order valence-corrected chi connectivity index (χ0v) is 18.1. The number of benzene rings is 2. The van der Waals surface area contributed by atoms with Gasteiger partial charge in [-0.3, -0.25) is 14.5 Å². The molecule has 0 amide bonds. The van der Waals surface area contributed by atoms with Crippen LogP contribution in [0.5, 0.6) is 5.75 Å². The molecule has 10 nitrogen and oxygen atoms in total. The summed E-state index contributed by atoms with van der Waals surface area (Å²) < 4.78 is 9.89. The number of fused-ring (bicyclic) bond motifs is 5. The van der Waals surface area contributed by atoms with Crippen LogP contribution in [0.3, 0.4) is 0 Å². The van der Waals surface area contributed by atoms with E-state index in [1.165, 1.54) is 0 Å². The summed E-state index contributed by atoms with van der Waals surface area (Å²) in [5.74, 6) is 4.07. The van der Waals surface area contributed by atoms with Gasteiger partial charge in [-0.05, 0) is 32.0 Å². The highest BCUT2D eigenvalue weighted by atomic mass is 16.5. The minimum atomic E-state index is -0.200. The molecular weight excluding hydrogens is 406 g/mol. The van der Waals surface area contributed by atoms with E-state index in [9.17, 15) is 0 Å². The second kappa shape index (κ2) is 6.98. The van der Waals surface area contributed by atoms with Crippen LogP contribution < -0.4 is 20.0 Å². The summed E-state index contributed by atoms with van der Waals surface area (Å²) in [6, 6.07) is 16.2. The largest absolute Gasteiger partial charge is 0.496 e. The summed E-state index contributed by atoms with van der Waals surface area (Å²) in [7, 11) is 1.70. The summed E-state index contributed by atoms with van der Waals surface area (Å²) in [6.07, 6.45) is -0.200. The maximum Gasteiger partial charge on any atom is 0.217 e. The van der Waals surface area contributed by atoms with Gasteiger partial charge in [-0.15, -0.1) is 10.2 Å². The van der Waals surface area contributed by atoms with Gasteiger partial charge in [0.1, 0.15) is 36.9 Å². The number of guanidine groups is 1. The molecule has 4 heterocycles. The number of imidazole rings is 1. The highest BCUT2D eigenvalue weighted by molar-refractivity contribution is 5.99. The van der Waals surface area contributed by atoms with Gasteiger partial charge in [0, 0.05) is 5.56 Å². The second-order valence-corrected chi connectivity index (χ2v) is 7.86. The van der Waals surface area contributed by atoms with Crippen LogP contribution in [0.4, 0.5) is 5.95 Å². The Morgan fingerprint density at radius 3 is 2.56 bits per heavy atom. The highest BCUT2D eigenvalue weighted by Gasteiger charge is 2.37. The minimum Gasteiger partial charge on any atom is -0.496 e. The fourth-order valence-corrected chi connectivity index (χ4v) is 4.56. The van der Waals surface area contributed by atoms with Crippen LogP contribution in [0, 0.1) is 13.8 Å². The SMILES string of the molecule is COc1ccccc1C1NC2=NCN(n3c(C)nnc3C)CN2c2nc3ccccc3n21. The Morgan fingerprint density at radius 2 is 1.75 bits per heavy atom. The van der Waals surface area contributed by atoms with Crippen molar-refractivity contribution in [2.45, 2.75) is 20.0 Å². The summed E-state index contributed by atoms with van der Waals surface area (Å²) >= 11 is 0. The van der Waals surface area contributed by atoms with Gasteiger partial charge in [0.15, 0.2) is 0 Å². The molecule has 0 spiro atoms. The average molecular weight is 429 g/mol. The number of aryl methyl sites for hydroxylation is 2. The molecule has 10 heteroatoms. The van der Waals surface area contributed by atoms with E-state index in [1.54, 1.807) is 7.11 Å². The zero-order chi connectivity index (χ0) is 21.8. The van der Waals surface area contributed by atoms with Crippen molar-refractivity contribution in [3.05, 3.63) is 65.7 Å². The quantitative estimate of drug-likeness (QED) is 0.534. The van der Waals surface area contributed by atoms with Crippen LogP contribution in [0.1, 0.15) is 23.4 Å². The summed E-state index contributed by atoms with van der Waals surface area (Å²) in [5.41, 5.74) is 2.99. The van der Waals surface area contributed by atoms with E-state index in [4.69, 9.17) is 14.7 Å². The number of hydrogen-bond acceptors (Lipinski definition) is 8. The lowest BCUT2D eigenvalue weighted by Gasteiger charge is -2.42. The van der Waals surface area contributed by atoms with Gasteiger partial charge < -0.3 is 10.1 Å². The van der Waals surface area contributed by atoms with Gasteiger partial charge in [0.05, 0.1) is 18.1 Å². The molecule has 2 aliphatic heterocycles. The predicted octanol–water partition coefficient (Wildman–Crippen LogP) is 2.13. The number of aromatic nitrogens is 5. The van der Waals surface area contributed by atoms with Crippen molar-refractivity contribution in [3.8, 4) is 5.75 Å². The Bertz CT molecular complexity index is 1340. The minimum absolute atomic E-state index is 0.200. The number of ether oxygens (including phenoxy) is 1. The Morgan fingerprint density at radius 1 is 1.00 bits per heavy atom. The lowest BCUT2D eigenvalue weighted by atomic mass is 10.1. The number of aliphatic imine (C=N–C) groups is 1. The molecule has 2 aliphatic rings. The van der Waals surface area contributed by atoms with Crippen LogP contribution in [-0.4, -0.2) is 50.8 Å². The van der Waals surface area contributed by atoms with Crippen molar-refractivity contribution in [2.24, 2.45) is 4.99 Å². The van der Waals surface area contributed by atoms with E-state index in [0.29, 0.717) is 13.3 Å². The molecule has 0 bridgehead atoms. The van der Waals surface area contributed by atoms with Gasteiger partial charge in [-0.1, -0.05) is 30.3 Å². The molecule has 32 heavy (non-hydrogen) atoms. The van der Waals surface area contributed by atoms with Crippen LogP contribution in [0.2, 0.25) is 0 Å². The first-order valence-electron chi connectivity index (χ1n) is 10.5. The van der Waals surface area contributed by atoms with Crippen molar-refractivity contribution < 1.29 is 4.74 Å². The Labute approximate surface area is 184 Å². The van der Waals surface area contributed by atoms with Crippen LogP contribution >= 0.6 is 0 Å². The molecule has 0 aliphatic carbocycles. The fraction of sp³-hybridized carbons (Fsp3) is 0.273. The lowest BCUT2D eigenvalue weighted by molar-refractivity contribution is 0.396. The summed E-state index contributed by atoms with van der Waals surface area (Å²) in [6.45, 7) is 4.94. The number of methoxy groups -OCH3 is 1. The molecule has 1 atom stereocenters. The monoisotopic (exact) mass is 429 g/mol. The highest BCUT2D eigenvalue weighted by Crippen LogP contribution is 2.36. The molecular formula is C22H23N9O. The van der Waals surface area contributed by atoms with Crippen molar-refractivity contribution >= 4 is 22.9 Å². The van der Waals surface area contributed by atoms with Gasteiger partial charge in [-0.2, -0.15) is 0 Å². The molecule has 1 N–H and O–H groups in total. The van der Waals surface area contributed by atoms with Gasteiger partial charge >= 0.3 is 0 Å². The van der Waals surface area contributed by atoms with Gasteiger partial charge in [-0.25, -0.2) is 14.7 Å². The van der Waals surface area contributed by atoms with E-state index in [-0.39, 0.29) is 6.17 Å². The summed E-state index contributed by atoms with van der Waals surface area (Å²) in [4.78, 5) is 11.9. The van der Waals surface area contributed by atoms with E-state index in [0.717, 1.165) is 45.9 Å². The van der Waals surface area contributed by atoms with E-state index in [2.05, 4.69) is 42.1 Å². The number of nitrogens with zero attached hydrogens (tertiary/aromatic N) is 8. The molecule has 6 rings (SSSR count). The number of para-hydroxylation sites is 3. The smallest absolute Gasteiger partial charge is 0.217 e. The van der Waals surface area contributed by atoms with Crippen molar-refractivity contribution in [3.63, 3.8) is 0 Å². The number of anilines is 1. The normalized spacial score (nSPS) is 17.6. The van der Waals surface area contributed by atoms with Crippen molar-refractivity contribution in [1.29, 1.82) is 0 Å². The first-order valence-corrected chi connectivity index (χ1v) is 10.5. The molecule has 2 aromatic carbocycles. The van der Waals surface area contributed by atoms with E-state index < -0.39 is 0 Å². The molecule has 162 valence electrons. The third-order valence-electron chi connectivity index (χ3n) is 5.96. The maximum atomic E-state index is 5.68. The molecule has 2 aromatic heterocycles. The van der Waals surface area contributed by atoms with Crippen LogP contribution in [0.15, 0.2) is 53.5 Å². The van der Waals surface area contributed by atoms with Crippen molar-refractivity contribution in [1.82, 2.24) is 29.7 Å². The standard InChI is InChI=1S/C22H23N9O/c1-14-26-27-15(2)31(14)28-12-23-21-25-20(16-8-4-7-11-19(16)32-3)30-18-10-6-5-9-17(18)24-22(30)29(21)13-28/h4-11,20H,12-13H2,1-3H3,(H,23,25). The third-order valence-corrected chi connectivity index (χ3v) is 5.96. The molecule has 0 saturated heterocycles. The third kappa shape index (κ3) is 2.65. The molecule has 0 fully saturated rings. The summed E-state index contributed by atoms with van der Waals surface area (Å²) in [5, 5.41) is 14.1. The van der Waals surface area contributed by atoms with Gasteiger partial charge in [0.25, 0.3) is 0 Å². The van der Waals surface area contributed by atoms with E-state index >= 15 is 0 Å². The number of nitrogens with one attached hydrogen (secondary N) is 1. The Balaban J connectivity index is 1.51. The van der Waals surface area contributed by atoms with E-state index in [1.807, 2.05) is 54.9 Å². The lowest BCUT2D eigenvalue weighted by Crippen LogP contribution is -2.60. The zero-order valence-electron chi connectivity index (χ0n) is 18.1. The van der Waals surface area contributed by atoms with Gasteiger partial charge in [0.2, 0.25) is 11.9 Å². The first kappa shape index (κ1) is 18.7. The topological polar surface area (TPSA) is 88.6 Å². The Kier molecular flexibility index (Phi) is 4.07. The molecule has 0 saturated carbocycles. The number of rotatable bonds is 3.